The molecule has 6 heteroatoms. The summed E-state index contributed by atoms with van der Waals surface area (Å²) in [6, 6.07) is 2.73. The van der Waals surface area contributed by atoms with Crippen molar-refractivity contribution in [2.24, 2.45) is 0 Å². The molecule has 1 fully saturated rings. The Hall–Kier alpha value is -1.04. The van der Waals surface area contributed by atoms with E-state index in [9.17, 15) is 4.79 Å². The van der Waals surface area contributed by atoms with E-state index >= 15 is 0 Å². The third-order valence-corrected chi connectivity index (χ3v) is 3.63. The molecule has 1 aromatic rings. The lowest BCUT2D eigenvalue weighted by Crippen LogP contribution is -2.53. The van der Waals surface area contributed by atoms with Gasteiger partial charge in [-0.3, -0.25) is 4.90 Å². The number of nitrogens with zero attached hydrogens (tertiary/aromatic N) is 1. The lowest BCUT2D eigenvalue weighted by atomic mass is 10.1. The van der Waals surface area contributed by atoms with E-state index in [2.05, 4.69) is 24.1 Å². The van der Waals surface area contributed by atoms with Crippen molar-refractivity contribution in [3.05, 3.63) is 23.2 Å². The maximum Gasteiger partial charge on any atom is 0.341 e. The second-order valence-corrected chi connectivity index (χ2v) is 5.26. The number of hydrogen-bond donors (Lipinski definition) is 1. The van der Waals surface area contributed by atoms with Gasteiger partial charge in [0.25, 0.3) is 0 Å². The molecule has 1 aromatic heterocycles. The summed E-state index contributed by atoms with van der Waals surface area (Å²) in [5, 5.41) is 3.45. The van der Waals surface area contributed by atoms with Crippen LogP contribution in [0.4, 0.5) is 0 Å². The Balaban J connectivity index is 0.00000200. The van der Waals surface area contributed by atoms with E-state index in [4.69, 9.17) is 9.15 Å². The molecule has 0 aliphatic carbocycles. The number of aryl methyl sites for hydroxylation is 1. The predicted octanol–water partition coefficient (Wildman–Crippen LogP) is 1.98. The second-order valence-electron chi connectivity index (χ2n) is 5.26. The van der Waals surface area contributed by atoms with Gasteiger partial charge in [-0.05, 0) is 26.8 Å². The number of rotatable bonds is 3. The third-order valence-electron chi connectivity index (χ3n) is 3.63. The van der Waals surface area contributed by atoms with Gasteiger partial charge in [-0.15, -0.1) is 12.4 Å². The van der Waals surface area contributed by atoms with Gasteiger partial charge in [-0.25, -0.2) is 4.79 Å². The van der Waals surface area contributed by atoms with Gasteiger partial charge in [-0.1, -0.05) is 0 Å². The number of hydrogen-bond acceptors (Lipinski definition) is 5. The predicted molar refractivity (Wildman–Crippen MR) is 79.4 cm³/mol. The van der Waals surface area contributed by atoms with Gasteiger partial charge in [-0.2, -0.15) is 0 Å². The van der Waals surface area contributed by atoms with Crippen molar-refractivity contribution in [3.8, 4) is 0 Å². The molecule has 0 saturated carbocycles. The zero-order valence-corrected chi connectivity index (χ0v) is 13.3. The molecule has 2 unspecified atom stereocenters. The summed E-state index contributed by atoms with van der Waals surface area (Å²) >= 11 is 0. The number of ether oxygens (including phenoxy) is 1. The normalized spacial score (nSPS) is 23.2. The van der Waals surface area contributed by atoms with E-state index in [1.807, 2.05) is 0 Å². The Morgan fingerprint density at radius 2 is 2.25 bits per heavy atom. The molecular formula is C14H23ClN2O3. The summed E-state index contributed by atoms with van der Waals surface area (Å²) in [5.41, 5.74) is 0.522. The topological polar surface area (TPSA) is 54.7 Å². The van der Waals surface area contributed by atoms with E-state index in [0.29, 0.717) is 23.4 Å². The van der Waals surface area contributed by atoms with Gasteiger partial charge in [0.15, 0.2) is 0 Å². The largest absolute Gasteiger partial charge is 0.465 e. The highest BCUT2D eigenvalue weighted by molar-refractivity contribution is 5.90. The standard InChI is InChI=1S/C14H22N2O3.ClH/c1-9-7-16(10(2)6-15-9)8-12-5-13(11(3)19-12)14(17)18-4;/h5,9-10,15H,6-8H2,1-4H3;1H. The molecule has 0 aromatic carbocycles. The first-order valence-electron chi connectivity index (χ1n) is 6.66. The summed E-state index contributed by atoms with van der Waals surface area (Å²) in [4.78, 5) is 13.9. The summed E-state index contributed by atoms with van der Waals surface area (Å²) in [5.74, 6) is 1.10. The van der Waals surface area contributed by atoms with Crippen LogP contribution < -0.4 is 5.32 Å². The monoisotopic (exact) mass is 302 g/mol. The van der Waals surface area contributed by atoms with Crippen LogP contribution in [0.25, 0.3) is 0 Å². The van der Waals surface area contributed by atoms with Crippen molar-refractivity contribution < 1.29 is 13.9 Å². The highest BCUT2D eigenvalue weighted by Crippen LogP contribution is 2.19. The molecule has 1 aliphatic heterocycles. The van der Waals surface area contributed by atoms with Crippen molar-refractivity contribution in [1.29, 1.82) is 0 Å². The minimum absolute atomic E-state index is 0. The highest BCUT2D eigenvalue weighted by Gasteiger charge is 2.24. The summed E-state index contributed by atoms with van der Waals surface area (Å²) < 4.78 is 10.4. The van der Waals surface area contributed by atoms with Crippen molar-refractivity contribution >= 4 is 18.4 Å². The van der Waals surface area contributed by atoms with Crippen molar-refractivity contribution in [1.82, 2.24) is 10.2 Å². The highest BCUT2D eigenvalue weighted by atomic mass is 35.5. The van der Waals surface area contributed by atoms with Crippen LogP contribution >= 0.6 is 12.4 Å². The van der Waals surface area contributed by atoms with Gasteiger partial charge in [0, 0.05) is 25.2 Å². The Bertz CT molecular complexity index is 461. The van der Waals surface area contributed by atoms with Crippen molar-refractivity contribution in [2.75, 3.05) is 20.2 Å². The number of esters is 1. The number of methoxy groups -OCH3 is 1. The summed E-state index contributed by atoms with van der Waals surface area (Å²) in [6.45, 7) is 8.84. The van der Waals surface area contributed by atoms with Crippen LogP contribution in [-0.4, -0.2) is 43.2 Å². The van der Waals surface area contributed by atoms with E-state index < -0.39 is 0 Å². The molecule has 0 bridgehead atoms. The maximum atomic E-state index is 11.6. The molecule has 0 radical (unpaired) electrons. The minimum atomic E-state index is -0.339. The van der Waals surface area contributed by atoms with Crippen LogP contribution in [0.15, 0.2) is 10.5 Å². The molecule has 2 rings (SSSR count). The smallest absolute Gasteiger partial charge is 0.341 e. The Labute approximate surface area is 126 Å². The molecule has 20 heavy (non-hydrogen) atoms. The van der Waals surface area contributed by atoms with Crippen LogP contribution in [0.3, 0.4) is 0 Å². The maximum absolute atomic E-state index is 11.6. The fraction of sp³-hybridized carbons (Fsp3) is 0.643. The molecule has 1 saturated heterocycles. The fourth-order valence-corrected chi connectivity index (χ4v) is 2.45. The molecule has 0 spiro atoms. The minimum Gasteiger partial charge on any atom is -0.465 e. The second kappa shape index (κ2) is 7.11. The third kappa shape index (κ3) is 3.75. The van der Waals surface area contributed by atoms with Crippen LogP contribution in [0.2, 0.25) is 0 Å². The quantitative estimate of drug-likeness (QED) is 0.865. The molecule has 114 valence electrons. The van der Waals surface area contributed by atoms with E-state index in [1.54, 1.807) is 13.0 Å². The van der Waals surface area contributed by atoms with Crippen LogP contribution in [0.5, 0.6) is 0 Å². The average molecular weight is 303 g/mol. The average Bonchev–Trinajstić information content (AvgIpc) is 2.74. The van der Waals surface area contributed by atoms with Crippen LogP contribution in [0, 0.1) is 6.92 Å². The number of furan rings is 1. The number of nitrogens with one attached hydrogen (secondary N) is 1. The molecule has 2 atom stereocenters. The molecule has 0 amide bonds. The van der Waals surface area contributed by atoms with Gasteiger partial charge in [0.2, 0.25) is 0 Å². The lowest BCUT2D eigenvalue weighted by Gasteiger charge is -2.36. The zero-order chi connectivity index (χ0) is 14.0. The fourth-order valence-electron chi connectivity index (χ4n) is 2.45. The van der Waals surface area contributed by atoms with Crippen molar-refractivity contribution in [3.63, 3.8) is 0 Å². The van der Waals surface area contributed by atoms with Gasteiger partial charge in [0.05, 0.1) is 13.7 Å². The molecule has 1 aliphatic rings. The van der Waals surface area contributed by atoms with Crippen LogP contribution in [-0.2, 0) is 11.3 Å². The van der Waals surface area contributed by atoms with E-state index in [0.717, 1.165) is 25.4 Å². The SMILES string of the molecule is COC(=O)c1cc(CN2CC(C)NCC2C)oc1C.Cl. The van der Waals surface area contributed by atoms with Gasteiger partial charge in [0.1, 0.15) is 17.1 Å². The first-order valence-corrected chi connectivity index (χ1v) is 6.66. The van der Waals surface area contributed by atoms with Crippen LogP contribution in [0.1, 0.15) is 35.7 Å². The van der Waals surface area contributed by atoms with Gasteiger partial charge < -0.3 is 14.5 Å². The molecular weight excluding hydrogens is 280 g/mol. The van der Waals surface area contributed by atoms with Gasteiger partial charge >= 0.3 is 5.97 Å². The first kappa shape index (κ1) is 17.0. The zero-order valence-electron chi connectivity index (χ0n) is 12.4. The lowest BCUT2D eigenvalue weighted by molar-refractivity contribution is 0.0599. The summed E-state index contributed by atoms with van der Waals surface area (Å²) in [7, 11) is 1.38. The Morgan fingerprint density at radius 1 is 1.55 bits per heavy atom. The number of carbonyl (C=O) groups is 1. The van der Waals surface area contributed by atoms with E-state index in [-0.39, 0.29) is 18.4 Å². The molecule has 2 heterocycles. The number of piperazine rings is 1. The molecule has 1 N–H and O–H groups in total. The Morgan fingerprint density at radius 3 is 2.90 bits per heavy atom. The molecule has 5 nitrogen and oxygen atoms in total. The Kier molecular flexibility index (Phi) is 6.05. The number of carbonyl (C=O) groups excluding carboxylic acids is 1. The van der Waals surface area contributed by atoms with Crippen molar-refractivity contribution in [2.45, 2.75) is 39.4 Å². The summed E-state index contributed by atoms with van der Waals surface area (Å²) in [6.07, 6.45) is 0. The number of halogens is 1. The van der Waals surface area contributed by atoms with E-state index in [1.165, 1.54) is 7.11 Å². The first-order chi connectivity index (χ1) is 9.01.